The van der Waals surface area contributed by atoms with Crippen molar-refractivity contribution in [3.8, 4) is 28.6 Å². The summed E-state index contributed by atoms with van der Waals surface area (Å²) in [6.07, 6.45) is 1.65. The monoisotopic (exact) mass is 404 g/mol. The van der Waals surface area contributed by atoms with Gasteiger partial charge in [-0.3, -0.25) is 0 Å². The van der Waals surface area contributed by atoms with Gasteiger partial charge in [0.2, 0.25) is 10.5 Å². The lowest BCUT2D eigenvalue weighted by Gasteiger charge is -2.13. The number of ether oxygens (including phenoxy) is 3. The van der Waals surface area contributed by atoms with E-state index in [0.29, 0.717) is 38.4 Å². The van der Waals surface area contributed by atoms with Gasteiger partial charge in [0.15, 0.2) is 17.3 Å². The predicted molar refractivity (Wildman–Crippen MR) is 107 cm³/mol. The Balaban J connectivity index is 2.08. The zero-order valence-corrected chi connectivity index (χ0v) is 16.5. The number of aromatic nitrogens is 3. The van der Waals surface area contributed by atoms with Gasteiger partial charge in [0.25, 0.3) is 0 Å². The molecule has 140 valence electrons. The molecule has 1 heterocycles. The number of halogens is 1. The fraction of sp³-hybridized carbons (Fsp3) is 0.167. The molecule has 0 aliphatic rings. The van der Waals surface area contributed by atoms with E-state index in [1.54, 1.807) is 51.8 Å². The maximum atomic E-state index is 6.01. The van der Waals surface area contributed by atoms with Crippen LogP contribution < -0.4 is 14.2 Å². The van der Waals surface area contributed by atoms with Crippen LogP contribution in [0.5, 0.6) is 17.2 Å². The number of aromatic amines is 1. The molecule has 0 fully saturated rings. The summed E-state index contributed by atoms with van der Waals surface area (Å²) < 4.78 is 18.0. The molecule has 9 heteroatoms. The van der Waals surface area contributed by atoms with Crippen molar-refractivity contribution in [1.82, 2.24) is 14.9 Å². The lowest BCUT2D eigenvalue weighted by molar-refractivity contribution is 0.324. The summed E-state index contributed by atoms with van der Waals surface area (Å²) in [5, 5.41) is 12.1. The second-order valence-corrected chi connectivity index (χ2v) is 6.20. The Morgan fingerprint density at radius 2 is 1.81 bits per heavy atom. The van der Waals surface area contributed by atoms with E-state index in [2.05, 4.69) is 15.3 Å². The van der Waals surface area contributed by atoms with Gasteiger partial charge in [0.05, 0.1) is 27.5 Å². The van der Waals surface area contributed by atoms with E-state index < -0.39 is 0 Å². The molecular weight excluding hydrogens is 388 g/mol. The van der Waals surface area contributed by atoms with Crippen molar-refractivity contribution in [1.29, 1.82) is 0 Å². The molecule has 0 saturated heterocycles. The van der Waals surface area contributed by atoms with E-state index in [-0.39, 0.29) is 0 Å². The smallest absolute Gasteiger partial charge is 0.216 e. The molecule has 0 bridgehead atoms. The second-order valence-electron chi connectivity index (χ2n) is 5.38. The first-order chi connectivity index (χ1) is 13.1. The minimum atomic E-state index is 0.344. The molecule has 7 nitrogen and oxygen atoms in total. The van der Waals surface area contributed by atoms with Crippen LogP contribution in [-0.2, 0) is 0 Å². The molecule has 2 aromatic carbocycles. The average Bonchev–Trinajstić information content (AvgIpc) is 3.05. The van der Waals surface area contributed by atoms with Crippen LogP contribution in [0.25, 0.3) is 11.4 Å². The molecule has 0 aliphatic heterocycles. The molecule has 0 atom stereocenters. The number of hydrogen-bond acceptors (Lipinski definition) is 6. The fourth-order valence-corrected chi connectivity index (χ4v) is 2.89. The van der Waals surface area contributed by atoms with Crippen LogP contribution in [-0.4, -0.2) is 42.4 Å². The Hall–Kier alpha value is -2.84. The Kier molecular flexibility index (Phi) is 5.78. The van der Waals surface area contributed by atoms with E-state index in [1.165, 1.54) is 4.68 Å². The van der Waals surface area contributed by atoms with Gasteiger partial charge < -0.3 is 14.2 Å². The number of benzene rings is 2. The molecule has 0 unspecified atom stereocenters. The number of hydrogen-bond donors (Lipinski definition) is 1. The van der Waals surface area contributed by atoms with E-state index in [9.17, 15) is 0 Å². The fourth-order valence-electron chi connectivity index (χ4n) is 2.51. The van der Waals surface area contributed by atoms with E-state index >= 15 is 0 Å². The Labute approximate surface area is 166 Å². The number of rotatable bonds is 6. The van der Waals surface area contributed by atoms with Crippen molar-refractivity contribution in [2.45, 2.75) is 0 Å². The average molecular weight is 405 g/mol. The Morgan fingerprint density at radius 1 is 1.11 bits per heavy atom. The topological polar surface area (TPSA) is 73.7 Å². The third-order valence-electron chi connectivity index (χ3n) is 3.74. The van der Waals surface area contributed by atoms with Crippen molar-refractivity contribution in [3.05, 3.63) is 51.8 Å². The standard InChI is InChI=1S/C18H17ClN4O3S/c1-24-14-8-12(9-15(25-2)16(14)26-3)17-21-22-18(27)23(17)20-10-11-5-4-6-13(19)7-11/h4-10H,1-3H3,(H,22,27)/b20-10+. The summed E-state index contributed by atoms with van der Waals surface area (Å²) in [4.78, 5) is 0. The maximum absolute atomic E-state index is 6.01. The molecule has 0 amide bonds. The molecular formula is C18H17ClN4O3S. The number of nitrogens with zero attached hydrogens (tertiary/aromatic N) is 3. The maximum Gasteiger partial charge on any atom is 0.216 e. The number of nitrogens with one attached hydrogen (secondary N) is 1. The van der Waals surface area contributed by atoms with Crippen molar-refractivity contribution in [3.63, 3.8) is 0 Å². The summed E-state index contributed by atoms with van der Waals surface area (Å²) in [6, 6.07) is 10.9. The second kappa shape index (κ2) is 8.24. The molecule has 0 spiro atoms. The summed E-state index contributed by atoms with van der Waals surface area (Å²) in [7, 11) is 4.65. The minimum Gasteiger partial charge on any atom is -0.493 e. The molecule has 27 heavy (non-hydrogen) atoms. The molecule has 0 saturated carbocycles. The van der Waals surface area contributed by atoms with Gasteiger partial charge >= 0.3 is 0 Å². The van der Waals surface area contributed by atoms with Gasteiger partial charge in [0, 0.05) is 10.6 Å². The molecule has 3 aromatic rings. The highest BCUT2D eigenvalue weighted by atomic mass is 35.5. The van der Waals surface area contributed by atoms with Gasteiger partial charge in [0.1, 0.15) is 0 Å². The normalized spacial score (nSPS) is 11.0. The molecule has 3 rings (SSSR count). The summed E-state index contributed by atoms with van der Waals surface area (Å²) in [6.45, 7) is 0. The number of H-pyrrole nitrogens is 1. The highest BCUT2D eigenvalue weighted by Crippen LogP contribution is 2.40. The highest BCUT2D eigenvalue weighted by Gasteiger charge is 2.17. The SMILES string of the molecule is COc1cc(-c2n[nH]c(=S)n2/N=C/c2cccc(Cl)c2)cc(OC)c1OC. The van der Waals surface area contributed by atoms with Crippen molar-refractivity contribution >= 4 is 30.0 Å². The van der Waals surface area contributed by atoms with Crippen LogP contribution in [0.1, 0.15) is 5.56 Å². The minimum absolute atomic E-state index is 0.344. The first-order valence-corrected chi connectivity index (χ1v) is 8.63. The van der Waals surface area contributed by atoms with Gasteiger partial charge in [-0.05, 0) is 42.0 Å². The van der Waals surface area contributed by atoms with E-state index in [0.717, 1.165) is 5.56 Å². The van der Waals surface area contributed by atoms with Gasteiger partial charge in [-0.15, -0.1) is 0 Å². The zero-order chi connectivity index (χ0) is 19.4. The van der Waals surface area contributed by atoms with Crippen LogP contribution in [0.2, 0.25) is 5.02 Å². The third kappa shape index (κ3) is 3.96. The Bertz CT molecular complexity index is 1020. The molecule has 0 aliphatic carbocycles. The van der Waals surface area contributed by atoms with Crippen LogP contribution in [0, 0.1) is 4.77 Å². The molecule has 0 radical (unpaired) electrons. The Morgan fingerprint density at radius 3 is 2.41 bits per heavy atom. The first kappa shape index (κ1) is 18.9. The van der Waals surface area contributed by atoms with Crippen LogP contribution in [0.15, 0.2) is 41.5 Å². The number of methoxy groups -OCH3 is 3. The largest absolute Gasteiger partial charge is 0.493 e. The quantitative estimate of drug-likeness (QED) is 0.493. The van der Waals surface area contributed by atoms with E-state index in [4.69, 9.17) is 38.0 Å². The third-order valence-corrected chi connectivity index (χ3v) is 4.24. The van der Waals surface area contributed by atoms with Crippen LogP contribution in [0.4, 0.5) is 0 Å². The van der Waals surface area contributed by atoms with Crippen LogP contribution >= 0.6 is 23.8 Å². The van der Waals surface area contributed by atoms with Gasteiger partial charge in [-0.2, -0.15) is 14.9 Å². The highest BCUT2D eigenvalue weighted by molar-refractivity contribution is 7.71. The van der Waals surface area contributed by atoms with Gasteiger partial charge in [-0.1, -0.05) is 23.7 Å². The molecule has 1 N–H and O–H groups in total. The van der Waals surface area contributed by atoms with Crippen LogP contribution in [0.3, 0.4) is 0 Å². The zero-order valence-electron chi connectivity index (χ0n) is 14.9. The van der Waals surface area contributed by atoms with Crippen molar-refractivity contribution < 1.29 is 14.2 Å². The lowest BCUT2D eigenvalue weighted by atomic mass is 10.1. The van der Waals surface area contributed by atoms with Crippen molar-refractivity contribution in [2.75, 3.05) is 21.3 Å². The molecule has 1 aromatic heterocycles. The van der Waals surface area contributed by atoms with Crippen molar-refractivity contribution in [2.24, 2.45) is 5.10 Å². The van der Waals surface area contributed by atoms with Gasteiger partial charge in [-0.25, -0.2) is 5.10 Å². The van der Waals surface area contributed by atoms with E-state index in [1.807, 2.05) is 12.1 Å². The lowest BCUT2D eigenvalue weighted by Crippen LogP contribution is -1.99. The summed E-state index contributed by atoms with van der Waals surface area (Å²) >= 11 is 11.3. The predicted octanol–water partition coefficient (Wildman–Crippen LogP) is 4.17. The first-order valence-electron chi connectivity index (χ1n) is 7.85. The summed E-state index contributed by atoms with van der Waals surface area (Å²) in [5.41, 5.74) is 1.53. The summed E-state index contributed by atoms with van der Waals surface area (Å²) in [5.74, 6) is 2.00.